The fraction of sp³-hybridized carbons (Fsp3) is 0.333. The molecule has 0 bridgehead atoms. The Labute approximate surface area is 116 Å². The highest BCUT2D eigenvalue weighted by molar-refractivity contribution is 5.39. The highest BCUT2D eigenvalue weighted by Gasteiger charge is 2.27. The van der Waals surface area contributed by atoms with E-state index < -0.39 is 5.54 Å². The Morgan fingerprint density at radius 3 is 1.89 bits per heavy atom. The Bertz CT molecular complexity index is 513. The average molecular weight is 253 g/mol. The van der Waals surface area contributed by atoms with Gasteiger partial charge in [-0.3, -0.25) is 0 Å². The predicted molar refractivity (Wildman–Crippen MR) is 82.2 cm³/mol. The summed E-state index contributed by atoms with van der Waals surface area (Å²) in [5.41, 5.74) is 9.99. The van der Waals surface area contributed by atoms with Gasteiger partial charge in [0, 0.05) is 0 Å². The summed E-state index contributed by atoms with van der Waals surface area (Å²) in [6, 6.07) is 19.1. The quantitative estimate of drug-likeness (QED) is 0.857. The predicted octanol–water partition coefficient (Wildman–Crippen LogP) is 4.42. The molecule has 0 radical (unpaired) electrons. The third-order valence-corrected chi connectivity index (χ3v) is 3.94. The summed E-state index contributed by atoms with van der Waals surface area (Å²) in [5.74, 6) is 0.555. The van der Waals surface area contributed by atoms with E-state index in [1.165, 1.54) is 16.7 Å². The molecular formula is C18H23N. The molecule has 1 nitrogen and oxygen atoms in total. The van der Waals surface area contributed by atoms with E-state index in [1.807, 2.05) is 6.07 Å². The molecule has 0 fully saturated rings. The van der Waals surface area contributed by atoms with Crippen LogP contribution < -0.4 is 5.73 Å². The molecular weight excluding hydrogens is 230 g/mol. The lowest BCUT2D eigenvalue weighted by molar-refractivity contribution is 0.519. The van der Waals surface area contributed by atoms with Crippen molar-refractivity contribution >= 4 is 0 Å². The Hall–Kier alpha value is -1.60. The van der Waals surface area contributed by atoms with Crippen LogP contribution >= 0.6 is 0 Å². The van der Waals surface area contributed by atoms with Crippen LogP contribution in [0.1, 0.15) is 49.8 Å². The monoisotopic (exact) mass is 253 g/mol. The first kappa shape index (κ1) is 13.8. The van der Waals surface area contributed by atoms with Crippen LogP contribution in [0.3, 0.4) is 0 Å². The van der Waals surface area contributed by atoms with Crippen molar-refractivity contribution in [2.24, 2.45) is 5.73 Å². The largest absolute Gasteiger partial charge is 0.318 e. The highest BCUT2D eigenvalue weighted by atomic mass is 14.7. The molecule has 2 aromatic rings. The summed E-state index contributed by atoms with van der Waals surface area (Å²) >= 11 is 0. The third-order valence-electron chi connectivity index (χ3n) is 3.94. The van der Waals surface area contributed by atoms with Crippen molar-refractivity contribution in [1.82, 2.24) is 0 Å². The highest BCUT2D eigenvalue weighted by Crippen LogP contribution is 2.31. The second kappa shape index (κ2) is 5.58. The SMILES string of the molecule is CCC(N)(c1ccccc1)c1ccc(C(C)C)cc1. The lowest BCUT2D eigenvalue weighted by Crippen LogP contribution is -2.37. The summed E-state index contributed by atoms with van der Waals surface area (Å²) in [4.78, 5) is 0. The zero-order valence-electron chi connectivity index (χ0n) is 12.1. The number of hydrogen-bond donors (Lipinski definition) is 1. The number of benzene rings is 2. The van der Waals surface area contributed by atoms with Gasteiger partial charge in [-0.1, -0.05) is 75.4 Å². The van der Waals surface area contributed by atoms with Gasteiger partial charge >= 0.3 is 0 Å². The molecule has 19 heavy (non-hydrogen) atoms. The molecule has 2 rings (SSSR count). The van der Waals surface area contributed by atoms with Gasteiger partial charge in [0.05, 0.1) is 5.54 Å². The van der Waals surface area contributed by atoms with Gasteiger partial charge in [0.15, 0.2) is 0 Å². The molecule has 0 amide bonds. The van der Waals surface area contributed by atoms with Gasteiger partial charge in [0.1, 0.15) is 0 Å². The van der Waals surface area contributed by atoms with Gasteiger partial charge in [-0.05, 0) is 29.0 Å². The maximum atomic E-state index is 6.67. The number of nitrogens with two attached hydrogens (primary N) is 1. The first-order valence-corrected chi connectivity index (χ1v) is 7.02. The Morgan fingerprint density at radius 2 is 1.42 bits per heavy atom. The van der Waals surface area contributed by atoms with Crippen LogP contribution in [0.15, 0.2) is 54.6 Å². The second-order valence-corrected chi connectivity index (χ2v) is 5.47. The van der Waals surface area contributed by atoms with Crippen LogP contribution in [0, 0.1) is 0 Å². The average Bonchev–Trinajstić information content (AvgIpc) is 2.47. The zero-order valence-corrected chi connectivity index (χ0v) is 12.1. The minimum absolute atomic E-state index is 0.392. The topological polar surface area (TPSA) is 26.0 Å². The molecule has 1 heteroatoms. The molecule has 0 heterocycles. The van der Waals surface area contributed by atoms with Crippen molar-refractivity contribution in [3.8, 4) is 0 Å². The third kappa shape index (κ3) is 2.71. The number of rotatable bonds is 4. The van der Waals surface area contributed by atoms with Crippen molar-refractivity contribution in [3.05, 3.63) is 71.3 Å². The van der Waals surface area contributed by atoms with Gasteiger partial charge in [-0.25, -0.2) is 0 Å². The summed E-state index contributed by atoms with van der Waals surface area (Å²) in [6.07, 6.45) is 0.887. The van der Waals surface area contributed by atoms with Gasteiger partial charge in [-0.2, -0.15) is 0 Å². The molecule has 0 spiro atoms. The fourth-order valence-corrected chi connectivity index (χ4v) is 2.48. The Balaban J connectivity index is 2.41. The molecule has 0 aliphatic rings. The smallest absolute Gasteiger partial charge is 0.0662 e. The van der Waals surface area contributed by atoms with Crippen molar-refractivity contribution in [2.45, 2.75) is 38.6 Å². The zero-order chi connectivity index (χ0) is 13.9. The van der Waals surface area contributed by atoms with Gasteiger partial charge in [-0.15, -0.1) is 0 Å². The van der Waals surface area contributed by atoms with E-state index in [9.17, 15) is 0 Å². The summed E-state index contributed by atoms with van der Waals surface area (Å²) < 4.78 is 0. The van der Waals surface area contributed by atoms with E-state index in [2.05, 4.69) is 69.3 Å². The van der Waals surface area contributed by atoms with Crippen molar-refractivity contribution < 1.29 is 0 Å². The molecule has 100 valence electrons. The summed E-state index contributed by atoms with van der Waals surface area (Å²) in [7, 11) is 0. The van der Waals surface area contributed by atoms with Gasteiger partial charge < -0.3 is 5.73 Å². The number of hydrogen-bond acceptors (Lipinski definition) is 1. The van der Waals surface area contributed by atoms with E-state index in [1.54, 1.807) is 0 Å². The van der Waals surface area contributed by atoms with E-state index in [0.717, 1.165) is 6.42 Å². The molecule has 2 N–H and O–H groups in total. The molecule has 0 saturated heterocycles. The molecule has 2 aromatic carbocycles. The van der Waals surface area contributed by atoms with Gasteiger partial charge in [0.25, 0.3) is 0 Å². The summed E-state index contributed by atoms with van der Waals surface area (Å²) in [5, 5.41) is 0. The van der Waals surface area contributed by atoms with E-state index >= 15 is 0 Å². The first-order valence-electron chi connectivity index (χ1n) is 7.02. The van der Waals surface area contributed by atoms with Crippen LogP contribution in [-0.4, -0.2) is 0 Å². The van der Waals surface area contributed by atoms with E-state index in [0.29, 0.717) is 5.92 Å². The minimum atomic E-state index is -0.392. The summed E-state index contributed by atoms with van der Waals surface area (Å²) in [6.45, 7) is 6.56. The molecule has 0 aliphatic carbocycles. The lowest BCUT2D eigenvalue weighted by atomic mass is 9.81. The Morgan fingerprint density at radius 1 is 0.895 bits per heavy atom. The lowest BCUT2D eigenvalue weighted by Gasteiger charge is -2.30. The maximum Gasteiger partial charge on any atom is 0.0662 e. The molecule has 1 atom stereocenters. The van der Waals surface area contributed by atoms with Crippen LogP contribution in [-0.2, 0) is 5.54 Å². The van der Waals surface area contributed by atoms with Crippen LogP contribution in [0.5, 0.6) is 0 Å². The second-order valence-electron chi connectivity index (χ2n) is 5.47. The van der Waals surface area contributed by atoms with Crippen LogP contribution in [0.25, 0.3) is 0 Å². The standard InChI is InChI=1S/C18H23N/c1-4-18(19,16-8-6-5-7-9-16)17-12-10-15(11-13-17)14(2)3/h5-14H,4,19H2,1-3H3. The molecule has 0 saturated carbocycles. The molecule has 0 aliphatic heterocycles. The maximum absolute atomic E-state index is 6.67. The first-order chi connectivity index (χ1) is 9.08. The fourth-order valence-electron chi connectivity index (χ4n) is 2.48. The van der Waals surface area contributed by atoms with E-state index in [-0.39, 0.29) is 0 Å². The van der Waals surface area contributed by atoms with Crippen molar-refractivity contribution in [2.75, 3.05) is 0 Å². The van der Waals surface area contributed by atoms with Crippen LogP contribution in [0.2, 0.25) is 0 Å². The van der Waals surface area contributed by atoms with Crippen LogP contribution in [0.4, 0.5) is 0 Å². The molecule has 1 unspecified atom stereocenters. The van der Waals surface area contributed by atoms with E-state index in [4.69, 9.17) is 5.73 Å². The normalized spacial score (nSPS) is 14.4. The molecule has 0 aromatic heterocycles. The van der Waals surface area contributed by atoms with Crippen molar-refractivity contribution in [3.63, 3.8) is 0 Å². The Kier molecular flexibility index (Phi) is 4.06. The van der Waals surface area contributed by atoms with Crippen molar-refractivity contribution in [1.29, 1.82) is 0 Å². The minimum Gasteiger partial charge on any atom is -0.318 e. The van der Waals surface area contributed by atoms with Gasteiger partial charge in [0.2, 0.25) is 0 Å².